The predicted molar refractivity (Wildman–Crippen MR) is 90.5 cm³/mol. The van der Waals surface area contributed by atoms with Crippen molar-refractivity contribution in [2.45, 2.75) is 45.6 Å². The number of esters is 1. The average Bonchev–Trinajstić information content (AvgIpc) is 3.01. The Hall–Kier alpha value is -1.55. The lowest BCUT2D eigenvalue weighted by atomic mass is 10.1. The van der Waals surface area contributed by atoms with Crippen molar-refractivity contribution in [2.24, 2.45) is 5.92 Å². The van der Waals surface area contributed by atoms with E-state index >= 15 is 0 Å². The fourth-order valence-electron chi connectivity index (χ4n) is 2.77. The SMILES string of the molecule is CC(C)CCCOC(=O)C1CCCN1C(=O)c1ccc(Cl)cc1. The second-order valence-electron chi connectivity index (χ2n) is 6.37. The molecule has 0 bridgehead atoms. The second kappa shape index (κ2) is 8.34. The molecule has 0 saturated carbocycles. The molecule has 5 heteroatoms. The van der Waals surface area contributed by atoms with Crippen LogP contribution in [0.25, 0.3) is 0 Å². The van der Waals surface area contributed by atoms with E-state index in [0.29, 0.717) is 36.1 Å². The largest absolute Gasteiger partial charge is 0.464 e. The van der Waals surface area contributed by atoms with Crippen molar-refractivity contribution < 1.29 is 14.3 Å². The van der Waals surface area contributed by atoms with E-state index in [0.717, 1.165) is 19.3 Å². The molecule has 0 aromatic heterocycles. The van der Waals surface area contributed by atoms with Gasteiger partial charge in [0.15, 0.2) is 0 Å². The van der Waals surface area contributed by atoms with Crippen LogP contribution >= 0.6 is 11.6 Å². The van der Waals surface area contributed by atoms with E-state index in [9.17, 15) is 9.59 Å². The van der Waals surface area contributed by atoms with Gasteiger partial charge < -0.3 is 9.64 Å². The Bertz CT molecular complexity index is 542. The van der Waals surface area contributed by atoms with Gasteiger partial charge in [0.1, 0.15) is 6.04 Å². The minimum Gasteiger partial charge on any atom is -0.464 e. The van der Waals surface area contributed by atoms with Crippen molar-refractivity contribution in [2.75, 3.05) is 13.2 Å². The van der Waals surface area contributed by atoms with Crippen molar-refractivity contribution in [3.8, 4) is 0 Å². The molecule has 1 fully saturated rings. The molecule has 2 rings (SSSR count). The average molecular weight is 338 g/mol. The zero-order valence-corrected chi connectivity index (χ0v) is 14.5. The molecule has 0 aliphatic carbocycles. The van der Waals surface area contributed by atoms with E-state index in [1.54, 1.807) is 29.2 Å². The van der Waals surface area contributed by atoms with E-state index in [1.165, 1.54) is 0 Å². The monoisotopic (exact) mass is 337 g/mol. The number of hydrogen-bond donors (Lipinski definition) is 0. The first-order valence-electron chi connectivity index (χ1n) is 8.22. The van der Waals surface area contributed by atoms with Crippen LogP contribution < -0.4 is 0 Å². The van der Waals surface area contributed by atoms with E-state index in [1.807, 2.05) is 0 Å². The summed E-state index contributed by atoms with van der Waals surface area (Å²) in [6.45, 7) is 5.31. The Labute approximate surface area is 142 Å². The van der Waals surface area contributed by atoms with Gasteiger partial charge >= 0.3 is 5.97 Å². The number of likely N-dealkylation sites (tertiary alicyclic amines) is 1. The summed E-state index contributed by atoms with van der Waals surface area (Å²) < 4.78 is 5.36. The van der Waals surface area contributed by atoms with Crippen LogP contribution in [-0.4, -0.2) is 36.0 Å². The Morgan fingerprint density at radius 2 is 2.00 bits per heavy atom. The number of halogens is 1. The number of carbonyl (C=O) groups is 2. The molecule has 0 N–H and O–H groups in total. The molecular formula is C18H24ClNO3. The summed E-state index contributed by atoms with van der Waals surface area (Å²) in [6, 6.07) is 6.29. The van der Waals surface area contributed by atoms with Crippen LogP contribution in [0.5, 0.6) is 0 Å². The van der Waals surface area contributed by atoms with Crippen LogP contribution in [0.2, 0.25) is 5.02 Å². The molecule has 1 aliphatic rings. The maximum atomic E-state index is 12.6. The number of hydrogen-bond acceptors (Lipinski definition) is 3. The molecular weight excluding hydrogens is 314 g/mol. The van der Waals surface area contributed by atoms with Gasteiger partial charge in [-0.25, -0.2) is 4.79 Å². The first-order valence-corrected chi connectivity index (χ1v) is 8.60. The van der Waals surface area contributed by atoms with Crippen LogP contribution in [0.1, 0.15) is 49.9 Å². The van der Waals surface area contributed by atoms with Gasteiger partial charge in [-0.15, -0.1) is 0 Å². The highest BCUT2D eigenvalue weighted by molar-refractivity contribution is 6.30. The van der Waals surface area contributed by atoms with Gasteiger partial charge in [0.05, 0.1) is 6.61 Å². The summed E-state index contributed by atoms with van der Waals surface area (Å²) in [5.74, 6) is 0.181. The van der Waals surface area contributed by atoms with Gasteiger partial charge in [-0.3, -0.25) is 4.79 Å². The van der Waals surface area contributed by atoms with Crippen LogP contribution in [0, 0.1) is 5.92 Å². The highest BCUT2D eigenvalue weighted by Crippen LogP contribution is 2.22. The molecule has 1 unspecified atom stereocenters. The molecule has 1 saturated heterocycles. The lowest BCUT2D eigenvalue weighted by Gasteiger charge is -2.23. The smallest absolute Gasteiger partial charge is 0.328 e. The third-order valence-corrected chi connectivity index (χ3v) is 4.30. The third kappa shape index (κ3) is 4.96. The molecule has 0 spiro atoms. The number of amides is 1. The van der Waals surface area contributed by atoms with Gasteiger partial charge in [0.2, 0.25) is 0 Å². The summed E-state index contributed by atoms with van der Waals surface area (Å²) >= 11 is 5.85. The number of ether oxygens (including phenoxy) is 1. The minimum atomic E-state index is -0.461. The third-order valence-electron chi connectivity index (χ3n) is 4.05. The zero-order valence-electron chi connectivity index (χ0n) is 13.8. The van der Waals surface area contributed by atoms with Crippen LogP contribution in [0.4, 0.5) is 0 Å². The fourth-order valence-corrected chi connectivity index (χ4v) is 2.90. The molecule has 1 aromatic rings. The number of nitrogens with zero attached hydrogens (tertiary/aromatic N) is 1. The standard InChI is InChI=1S/C18H24ClNO3/c1-13(2)5-4-12-23-18(22)16-6-3-11-20(16)17(21)14-7-9-15(19)10-8-14/h7-10,13,16H,3-6,11-12H2,1-2H3. The molecule has 1 aromatic carbocycles. The first kappa shape index (κ1) is 17.8. The summed E-state index contributed by atoms with van der Waals surface area (Å²) in [4.78, 5) is 26.4. The van der Waals surface area contributed by atoms with Gasteiger partial charge in [0.25, 0.3) is 5.91 Å². The topological polar surface area (TPSA) is 46.6 Å². The minimum absolute atomic E-state index is 0.136. The maximum Gasteiger partial charge on any atom is 0.328 e. The molecule has 126 valence electrons. The van der Waals surface area contributed by atoms with E-state index in [2.05, 4.69) is 13.8 Å². The molecule has 23 heavy (non-hydrogen) atoms. The summed E-state index contributed by atoms with van der Waals surface area (Å²) in [6.07, 6.45) is 3.39. The lowest BCUT2D eigenvalue weighted by Crippen LogP contribution is -2.41. The van der Waals surface area contributed by atoms with E-state index in [-0.39, 0.29) is 11.9 Å². The van der Waals surface area contributed by atoms with Crippen molar-refractivity contribution >= 4 is 23.5 Å². The Kier molecular flexibility index (Phi) is 6.46. The first-order chi connectivity index (χ1) is 11.0. The molecule has 1 atom stereocenters. The van der Waals surface area contributed by atoms with Crippen molar-refractivity contribution in [3.05, 3.63) is 34.9 Å². The normalized spacial score (nSPS) is 17.6. The number of benzene rings is 1. The molecule has 4 nitrogen and oxygen atoms in total. The lowest BCUT2D eigenvalue weighted by molar-refractivity contribution is -0.148. The highest BCUT2D eigenvalue weighted by atomic mass is 35.5. The Balaban J connectivity index is 1.92. The van der Waals surface area contributed by atoms with Crippen LogP contribution in [-0.2, 0) is 9.53 Å². The molecule has 0 radical (unpaired) electrons. The quantitative estimate of drug-likeness (QED) is 0.583. The van der Waals surface area contributed by atoms with Gasteiger partial charge in [-0.2, -0.15) is 0 Å². The van der Waals surface area contributed by atoms with Crippen molar-refractivity contribution in [1.82, 2.24) is 4.90 Å². The van der Waals surface area contributed by atoms with Crippen molar-refractivity contribution in [3.63, 3.8) is 0 Å². The summed E-state index contributed by atoms with van der Waals surface area (Å²) in [5, 5.41) is 0.587. The number of rotatable bonds is 6. The van der Waals surface area contributed by atoms with Crippen LogP contribution in [0.3, 0.4) is 0 Å². The van der Waals surface area contributed by atoms with Gasteiger partial charge in [0, 0.05) is 17.1 Å². The van der Waals surface area contributed by atoms with Crippen molar-refractivity contribution in [1.29, 1.82) is 0 Å². The molecule has 1 heterocycles. The van der Waals surface area contributed by atoms with Crippen LogP contribution in [0.15, 0.2) is 24.3 Å². The maximum absolute atomic E-state index is 12.6. The van der Waals surface area contributed by atoms with Gasteiger partial charge in [-0.05, 0) is 55.9 Å². The summed E-state index contributed by atoms with van der Waals surface area (Å²) in [5.41, 5.74) is 0.550. The van der Waals surface area contributed by atoms with E-state index in [4.69, 9.17) is 16.3 Å². The molecule has 1 amide bonds. The molecule has 1 aliphatic heterocycles. The van der Waals surface area contributed by atoms with E-state index < -0.39 is 6.04 Å². The highest BCUT2D eigenvalue weighted by Gasteiger charge is 2.35. The zero-order chi connectivity index (χ0) is 16.8. The second-order valence-corrected chi connectivity index (χ2v) is 6.80. The number of carbonyl (C=O) groups excluding carboxylic acids is 2. The summed E-state index contributed by atoms with van der Waals surface area (Å²) in [7, 11) is 0. The fraction of sp³-hybridized carbons (Fsp3) is 0.556. The van der Waals surface area contributed by atoms with Gasteiger partial charge in [-0.1, -0.05) is 25.4 Å². The predicted octanol–water partition coefficient (Wildman–Crippen LogP) is 3.92. The Morgan fingerprint density at radius 1 is 1.30 bits per heavy atom. The Morgan fingerprint density at radius 3 is 2.65 bits per heavy atom.